The number of rotatable bonds is 1. The quantitative estimate of drug-likeness (QED) is 0.513. The van der Waals surface area contributed by atoms with Crippen LogP contribution in [0.5, 0.6) is 0 Å². The molecule has 0 aliphatic carbocycles. The Hall–Kier alpha value is -0.930. The highest BCUT2D eigenvalue weighted by Gasteiger charge is 1.93. The third-order valence-electron chi connectivity index (χ3n) is 0.847. The number of hydrogen-bond donors (Lipinski definition) is 2. The maximum absolute atomic E-state index is 3.75. The number of H-pyrrole nitrogens is 1. The highest BCUT2D eigenvalue weighted by molar-refractivity contribution is 5.20. The van der Waals surface area contributed by atoms with Gasteiger partial charge in [0.15, 0.2) is 0 Å². The summed E-state index contributed by atoms with van der Waals surface area (Å²) >= 11 is 0. The first-order chi connectivity index (χ1) is 3.34. The van der Waals surface area contributed by atoms with E-state index in [0.717, 1.165) is 5.95 Å². The maximum Gasteiger partial charge on any atom is 0.237 e. The fraction of sp³-hybridized carbons (Fsp3) is 0.667. The third kappa shape index (κ3) is 0.471. The molecule has 0 bridgehead atoms. The van der Waals surface area contributed by atoms with Crippen LogP contribution in [0.3, 0.4) is 0 Å². The van der Waals surface area contributed by atoms with Crippen molar-refractivity contribution in [2.75, 3.05) is 12.4 Å². The predicted molar refractivity (Wildman–Crippen MR) is 27.1 cm³/mol. The van der Waals surface area contributed by atoms with Crippen LogP contribution in [0.4, 0.5) is 5.95 Å². The van der Waals surface area contributed by atoms with E-state index in [2.05, 4.69) is 15.6 Å². The van der Waals surface area contributed by atoms with Gasteiger partial charge in [0.25, 0.3) is 0 Å². The van der Waals surface area contributed by atoms with Crippen molar-refractivity contribution in [3.8, 4) is 0 Å². The summed E-state index contributed by atoms with van der Waals surface area (Å²) in [4.78, 5) is 0. The highest BCUT2D eigenvalue weighted by atomic mass is 15.5. The van der Waals surface area contributed by atoms with Crippen LogP contribution in [-0.2, 0) is 7.05 Å². The number of aromatic amines is 1. The summed E-state index contributed by atoms with van der Waals surface area (Å²) in [6, 6.07) is 0. The molecule has 0 aliphatic heterocycles. The number of anilines is 1. The summed E-state index contributed by atoms with van der Waals surface area (Å²) in [5.74, 6) is 0.875. The van der Waals surface area contributed by atoms with E-state index in [1.165, 1.54) is 0 Å². The molecule has 7 heavy (non-hydrogen) atoms. The van der Waals surface area contributed by atoms with Crippen molar-refractivity contribution in [3.63, 3.8) is 0 Å². The van der Waals surface area contributed by atoms with E-state index >= 15 is 0 Å². The van der Waals surface area contributed by atoms with Crippen LogP contribution >= 0.6 is 0 Å². The monoisotopic (exact) mass is 100 g/mol. The average Bonchev–Trinajstić information content (AvgIpc) is 1.65. The van der Waals surface area contributed by atoms with E-state index in [0.29, 0.717) is 0 Å². The molecular formula is C3H8N4. The third-order valence-corrected chi connectivity index (χ3v) is 0.847. The Labute approximate surface area is 41.5 Å². The Kier molecular flexibility index (Phi) is 0.780. The fourth-order valence-corrected chi connectivity index (χ4v) is 0.424. The van der Waals surface area contributed by atoms with Crippen LogP contribution in [-0.4, -0.2) is 22.0 Å². The molecule has 0 fully saturated rings. The number of nitrogens with zero attached hydrogens (tertiary/aromatic N) is 2. The zero-order valence-corrected chi connectivity index (χ0v) is 4.39. The van der Waals surface area contributed by atoms with E-state index in [9.17, 15) is 0 Å². The molecule has 0 radical (unpaired) electrons. The van der Waals surface area contributed by atoms with Crippen molar-refractivity contribution in [2.45, 2.75) is 0 Å². The molecule has 0 saturated carbocycles. The van der Waals surface area contributed by atoms with Crippen molar-refractivity contribution >= 4 is 5.95 Å². The molecule has 0 atom stereocenters. The first kappa shape index (κ1) is 4.23. The molecule has 0 aliphatic rings. The molecule has 0 amide bonds. The Morgan fingerprint density at radius 2 is 2.57 bits per heavy atom. The summed E-state index contributed by atoms with van der Waals surface area (Å²) in [5, 5.41) is 9.28. The number of aryl methyl sites for hydroxylation is 1. The lowest BCUT2D eigenvalue weighted by molar-refractivity contribution is 0.593. The molecule has 0 aromatic carbocycles. The van der Waals surface area contributed by atoms with Crippen molar-refractivity contribution in [1.29, 1.82) is 0 Å². The van der Waals surface area contributed by atoms with Gasteiger partial charge in [-0.2, -0.15) is 0 Å². The molecule has 0 unspecified atom stereocenters. The number of nitrogens with one attached hydrogen (secondary N) is 2. The van der Waals surface area contributed by atoms with Crippen molar-refractivity contribution < 1.29 is 0 Å². The van der Waals surface area contributed by atoms with Gasteiger partial charge in [0.2, 0.25) is 5.95 Å². The SMILES string of the molecule is CNc1n[nH]n1C. The van der Waals surface area contributed by atoms with E-state index in [-0.39, 0.29) is 0 Å². The molecule has 2 N–H and O–H groups in total. The highest BCUT2D eigenvalue weighted by Crippen LogP contribution is 1.93. The molecule has 1 rings (SSSR count). The Bertz CT molecular complexity index is 140. The maximum atomic E-state index is 3.75. The van der Waals surface area contributed by atoms with E-state index in [1.54, 1.807) is 4.68 Å². The lowest BCUT2D eigenvalue weighted by Crippen LogP contribution is -2.14. The summed E-state index contributed by atoms with van der Waals surface area (Å²) in [5.41, 5.74) is 0. The first-order valence-corrected chi connectivity index (χ1v) is 2.09. The summed E-state index contributed by atoms with van der Waals surface area (Å²) in [7, 11) is 3.72. The second kappa shape index (κ2) is 1.29. The van der Waals surface area contributed by atoms with E-state index in [4.69, 9.17) is 0 Å². The standard InChI is InChI=1S/C3H8N4/c1-4-3-5-6-7(3)2/h6H,1-2H3,(H,4,5). The molecule has 0 saturated heterocycles. The van der Waals surface area contributed by atoms with Crippen molar-refractivity contribution in [2.24, 2.45) is 7.05 Å². The molecule has 0 spiro atoms. The number of aromatic nitrogens is 3. The lowest BCUT2D eigenvalue weighted by Gasteiger charge is -2.07. The largest absolute Gasteiger partial charge is 0.356 e. The summed E-state index contributed by atoms with van der Waals surface area (Å²) < 4.78 is 1.79. The first-order valence-electron chi connectivity index (χ1n) is 2.09. The molecule has 1 aromatic rings. The van der Waals surface area contributed by atoms with Crippen molar-refractivity contribution in [1.82, 2.24) is 15.0 Å². The minimum absolute atomic E-state index is 0.875. The lowest BCUT2D eigenvalue weighted by atomic mass is 10.9. The molecule has 1 aromatic heterocycles. The smallest absolute Gasteiger partial charge is 0.237 e. The van der Waals surface area contributed by atoms with Crippen LogP contribution in [0.1, 0.15) is 0 Å². The Morgan fingerprint density at radius 1 is 1.86 bits per heavy atom. The Morgan fingerprint density at radius 3 is 2.57 bits per heavy atom. The summed E-state index contributed by atoms with van der Waals surface area (Å²) in [6.07, 6.45) is 0. The Balaban J connectivity index is 2.66. The predicted octanol–water partition coefficient (Wildman–Crippen LogP) is -0.210. The van der Waals surface area contributed by atoms with Gasteiger partial charge in [-0.3, -0.25) is 0 Å². The van der Waals surface area contributed by atoms with E-state index < -0.39 is 0 Å². The van der Waals surface area contributed by atoms with Gasteiger partial charge in [-0.05, 0) is 0 Å². The van der Waals surface area contributed by atoms with E-state index in [1.807, 2.05) is 14.1 Å². The molecule has 40 valence electrons. The van der Waals surface area contributed by atoms with Crippen LogP contribution < -0.4 is 5.32 Å². The van der Waals surface area contributed by atoms with Crippen LogP contribution in [0, 0.1) is 0 Å². The topological polar surface area (TPSA) is 45.6 Å². The van der Waals surface area contributed by atoms with Crippen molar-refractivity contribution in [3.05, 3.63) is 0 Å². The van der Waals surface area contributed by atoms with Crippen LogP contribution in [0.25, 0.3) is 0 Å². The van der Waals surface area contributed by atoms with Gasteiger partial charge in [0.05, 0.1) is 0 Å². The minimum atomic E-state index is 0.875. The zero-order valence-electron chi connectivity index (χ0n) is 4.39. The van der Waals surface area contributed by atoms with Gasteiger partial charge < -0.3 is 5.32 Å². The molecule has 4 heteroatoms. The van der Waals surface area contributed by atoms with Gasteiger partial charge in [0.1, 0.15) is 0 Å². The van der Waals surface area contributed by atoms with Gasteiger partial charge >= 0.3 is 0 Å². The fourth-order valence-electron chi connectivity index (χ4n) is 0.424. The molecular weight excluding hydrogens is 92.1 g/mol. The number of hydrogen-bond acceptors (Lipinski definition) is 2. The molecule has 1 heterocycles. The molecule has 4 nitrogen and oxygen atoms in total. The van der Waals surface area contributed by atoms with Gasteiger partial charge in [-0.1, -0.05) is 0 Å². The van der Waals surface area contributed by atoms with Gasteiger partial charge in [-0.25, -0.2) is 9.90 Å². The normalized spacial score (nSPS) is 9.43. The van der Waals surface area contributed by atoms with Gasteiger partial charge in [-0.15, -0.1) is 5.10 Å². The average molecular weight is 100 g/mol. The van der Waals surface area contributed by atoms with Gasteiger partial charge in [0, 0.05) is 14.1 Å². The minimum Gasteiger partial charge on any atom is -0.356 e. The second-order valence-corrected chi connectivity index (χ2v) is 1.34. The summed E-state index contributed by atoms with van der Waals surface area (Å²) in [6.45, 7) is 0. The van der Waals surface area contributed by atoms with Crippen LogP contribution in [0.2, 0.25) is 0 Å². The second-order valence-electron chi connectivity index (χ2n) is 1.34. The zero-order chi connectivity index (χ0) is 5.28. The van der Waals surface area contributed by atoms with Crippen LogP contribution in [0.15, 0.2) is 0 Å².